The largest absolute Gasteiger partial charge is 0.493 e. The van der Waals surface area contributed by atoms with Crippen LogP contribution in [0.5, 0.6) is 5.75 Å². The molecule has 0 aliphatic heterocycles. The number of anilines is 1. The van der Waals surface area contributed by atoms with Gasteiger partial charge in [0.2, 0.25) is 0 Å². The van der Waals surface area contributed by atoms with Crippen molar-refractivity contribution in [3.05, 3.63) is 23.8 Å². The third-order valence-electron chi connectivity index (χ3n) is 2.55. The highest BCUT2D eigenvalue weighted by Crippen LogP contribution is 2.22. The monoisotopic (exact) mass is 248 g/mol. The molecule has 96 valence electrons. The maximum Gasteiger partial charge on any atom is 0.337 e. The van der Waals surface area contributed by atoms with Gasteiger partial charge in [0.15, 0.2) is 0 Å². The normalized spacial score (nSPS) is 10.7. The van der Waals surface area contributed by atoms with Gasteiger partial charge in [-0.2, -0.15) is 5.26 Å². The van der Waals surface area contributed by atoms with Gasteiger partial charge in [-0.3, -0.25) is 0 Å². The van der Waals surface area contributed by atoms with Crippen molar-refractivity contribution in [1.29, 1.82) is 5.26 Å². The lowest BCUT2D eigenvalue weighted by atomic mass is 9.92. The van der Waals surface area contributed by atoms with E-state index in [1.54, 1.807) is 6.07 Å². The van der Waals surface area contributed by atoms with Gasteiger partial charge < -0.3 is 15.6 Å². The summed E-state index contributed by atoms with van der Waals surface area (Å²) in [5, 5.41) is 17.7. The van der Waals surface area contributed by atoms with E-state index in [9.17, 15) is 4.79 Å². The van der Waals surface area contributed by atoms with Crippen molar-refractivity contribution in [2.75, 3.05) is 12.3 Å². The third kappa shape index (κ3) is 3.67. The van der Waals surface area contributed by atoms with Crippen LogP contribution in [0, 0.1) is 16.7 Å². The number of ether oxygens (including phenoxy) is 1. The Morgan fingerprint density at radius 3 is 2.72 bits per heavy atom. The Hall–Kier alpha value is -2.22. The molecule has 0 atom stereocenters. The van der Waals surface area contributed by atoms with Gasteiger partial charge in [0.05, 0.1) is 23.7 Å². The van der Waals surface area contributed by atoms with Gasteiger partial charge in [-0.15, -0.1) is 0 Å². The molecule has 0 unspecified atom stereocenters. The fraction of sp³-hybridized carbons (Fsp3) is 0.385. The molecule has 5 nitrogen and oxygen atoms in total. The van der Waals surface area contributed by atoms with Crippen LogP contribution < -0.4 is 10.5 Å². The predicted octanol–water partition coefficient (Wildman–Crippen LogP) is 2.29. The van der Waals surface area contributed by atoms with Crippen molar-refractivity contribution in [1.82, 2.24) is 0 Å². The number of nitrogens with zero attached hydrogens (tertiary/aromatic N) is 1. The predicted molar refractivity (Wildman–Crippen MR) is 67.3 cm³/mol. The summed E-state index contributed by atoms with van der Waals surface area (Å²) in [7, 11) is 0. The summed E-state index contributed by atoms with van der Waals surface area (Å²) in [6.07, 6.45) is 0.587. The SMILES string of the molecule is CC(C)(C#N)CCOc1ccc(C(=O)O)c(N)c1. The van der Waals surface area contributed by atoms with E-state index in [2.05, 4.69) is 6.07 Å². The molecule has 1 rings (SSSR count). The van der Waals surface area contributed by atoms with E-state index >= 15 is 0 Å². The molecule has 0 spiro atoms. The second kappa shape index (κ2) is 5.41. The van der Waals surface area contributed by atoms with E-state index in [1.165, 1.54) is 12.1 Å². The van der Waals surface area contributed by atoms with Crippen molar-refractivity contribution >= 4 is 11.7 Å². The van der Waals surface area contributed by atoms with Gasteiger partial charge in [-0.25, -0.2) is 4.79 Å². The standard InChI is InChI=1S/C13H16N2O3/c1-13(2,8-14)5-6-18-9-3-4-10(12(16)17)11(15)7-9/h3-4,7H,5-6,15H2,1-2H3,(H,16,17). The first kappa shape index (κ1) is 13.8. The highest BCUT2D eigenvalue weighted by molar-refractivity contribution is 5.93. The number of nitrogens with two attached hydrogens (primary N) is 1. The van der Waals surface area contributed by atoms with Gasteiger partial charge in [-0.05, 0) is 32.4 Å². The molecule has 0 aromatic heterocycles. The summed E-state index contributed by atoms with van der Waals surface area (Å²) in [6, 6.07) is 6.62. The van der Waals surface area contributed by atoms with Crippen molar-refractivity contribution in [2.24, 2.45) is 5.41 Å². The number of nitrogen functional groups attached to an aromatic ring is 1. The summed E-state index contributed by atoms with van der Waals surface area (Å²) < 4.78 is 5.44. The Bertz CT molecular complexity index is 489. The number of carboxylic acids is 1. The fourth-order valence-electron chi connectivity index (χ4n) is 1.31. The molecular weight excluding hydrogens is 232 g/mol. The van der Waals surface area contributed by atoms with Crippen LogP contribution in [0.3, 0.4) is 0 Å². The molecule has 0 amide bonds. The number of aromatic carboxylic acids is 1. The minimum absolute atomic E-state index is 0.0553. The number of carboxylic acid groups (broad SMARTS) is 1. The minimum atomic E-state index is -1.07. The van der Waals surface area contributed by atoms with Crippen LogP contribution in [0.25, 0.3) is 0 Å². The van der Waals surface area contributed by atoms with E-state index < -0.39 is 11.4 Å². The van der Waals surface area contributed by atoms with Gasteiger partial charge in [0.25, 0.3) is 0 Å². The number of carbonyl (C=O) groups is 1. The van der Waals surface area contributed by atoms with Crippen molar-refractivity contribution in [3.8, 4) is 11.8 Å². The number of hydrogen-bond acceptors (Lipinski definition) is 4. The molecule has 0 radical (unpaired) electrons. The van der Waals surface area contributed by atoms with E-state index in [4.69, 9.17) is 20.8 Å². The first-order chi connectivity index (χ1) is 8.35. The zero-order valence-electron chi connectivity index (χ0n) is 10.4. The molecule has 1 aromatic rings. The lowest BCUT2D eigenvalue weighted by molar-refractivity contribution is 0.0698. The Morgan fingerprint density at radius 1 is 1.56 bits per heavy atom. The van der Waals surface area contributed by atoms with Crippen molar-refractivity contribution < 1.29 is 14.6 Å². The van der Waals surface area contributed by atoms with E-state index in [0.29, 0.717) is 18.8 Å². The van der Waals surface area contributed by atoms with Crippen LogP contribution in [0.4, 0.5) is 5.69 Å². The van der Waals surface area contributed by atoms with Crippen LogP contribution in [0.2, 0.25) is 0 Å². The smallest absolute Gasteiger partial charge is 0.337 e. The van der Waals surface area contributed by atoms with Crippen molar-refractivity contribution in [3.63, 3.8) is 0 Å². The van der Waals surface area contributed by atoms with E-state index in [-0.39, 0.29) is 11.3 Å². The molecule has 0 fully saturated rings. The summed E-state index contributed by atoms with van der Waals surface area (Å²) in [4.78, 5) is 10.8. The molecule has 0 aliphatic rings. The lowest BCUT2D eigenvalue weighted by Crippen LogP contribution is -2.13. The second-order valence-corrected chi connectivity index (χ2v) is 4.65. The maximum absolute atomic E-state index is 10.8. The number of hydrogen-bond donors (Lipinski definition) is 2. The second-order valence-electron chi connectivity index (χ2n) is 4.65. The molecule has 18 heavy (non-hydrogen) atoms. The van der Waals surface area contributed by atoms with Crippen LogP contribution in [0.1, 0.15) is 30.6 Å². The minimum Gasteiger partial charge on any atom is -0.493 e. The first-order valence-corrected chi connectivity index (χ1v) is 5.52. The summed E-state index contributed by atoms with van der Waals surface area (Å²) in [6.45, 7) is 4.04. The van der Waals surface area contributed by atoms with Crippen LogP contribution in [-0.2, 0) is 0 Å². The Balaban J connectivity index is 2.63. The fourth-order valence-corrected chi connectivity index (χ4v) is 1.31. The molecule has 3 N–H and O–H groups in total. The molecular formula is C13H16N2O3. The highest BCUT2D eigenvalue weighted by atomic mass is 16.5. The van der Waals surface area contributed by atoms with E-state index in [0.717, 1.165) is 0 Å². The number of benzene rings is 1. The first-order valence-electron chi connectivity index (χ1n) is 5.52. The molecule has 0 saturated carbocycles. The van der Waals surface area contributed by atoms with E-state index in [1.807, 2.05) is 13.8 Å². The van der Waals surface area contributed by atoms with Gasteiger partial charge in [0.1, 0.15) is 5.75 Å². The van der Waals surface area contributed by atoms with Crippen molar-refractivity contribution in [2.45, 2.75) is 20.3 Å². The molecule has 5 heteroatoms. The molecule has 0 saturated heterocycles. The Labute approximate surface area is 106 Å². The Kier molecular flexibility index (Phi) is 4.16. The van der Waals surface area contributed by atoms with Crippen LogP contribution in [0.15, 0.2) is 18.2 Å². The zero-order valence-corrected chi connectivity index (χ0v) is 10.4. The zero-order chi connectivity index (χ0) is 13.8. The third-order valence-corrected chi connectivity index (χ3v) is 2.55. The summed E-state index contributed by atoms with van der Waals surface area (Å²) in [5.41, 5.74) is 5.38. The average molecular weight is 248 g/mol. The average Bonchev–Trinajstić information content (AvgIpc) is 2.28. The Morgan fingerprint density at radius 2 is 2.22 bits per heavy atom. The van der Waals surface area contributed by atoms with Gasteiger partial charge in [-0.1, -0.05) is 0 Å². The summed E-state index contributed by atoms with van der Waals surface area (Å²) >= 11 is 0. The van der Waals surface area contributed by atoms with Crippen LogP contribution >= 0.6 is 0 Å². The lowest BCUT2D eigenvalue weighted by Gasteiger charge is -2.15. The summed E-state index contributed by atoms with van der Waals surface area (Å²) in [5.74, 6) is -0.559. The molecule has 1 aromatic carbocycles. The van der Waals surface area contributed by atoms with Crippen LogP contribution in [-0.4, -0.2) is 17.7 Å². The van der Waals surface area contributed by atoms with Gasteiger partial charge >= 0.3 is 5.97 Å². The highest BCUT2D eigenvalue weighted by Gasteiger charge is 2.16. The topological polar surface area (TPSA) is 96.3 Å². The molecule has 0 heterocycles. The maximum atomic E-state index is 10.8. The number of nitriles is 1. The molecule has 0 bridgehead atoms. The molecule has 0 aliphatic carbocycles. The quantitative estimate of drug-likeness (QED) is 0.779. The van der Waals surface area contributed by atoms with Gasteiger partial charge in [0, 0.05) is 11.8 Å². The number of rotatable bonds is 5.